The van der Waals surface area contributed by atoms with Gasteiger partial charge in [-0.2, -0.15) is 13.2 Å². The molecular formula is C10H8BrF4N3. The van der Waals surface area contributed by atoms with Crippen molar-refractivity contribution < 1.29 is 17.6 Å². The minimum Gasteiger partial charge on any atom is -0.340 e. The highest BCUT2D eigenvalue weighted by Gasteiger charge is 2.51. The van der Waals surface area contributed by atoms with E-state index in [9.17, 15) is 17.6 Å². The molecule has 3 nitrogen and oxygen atoms in total. The average Bonchev–Trinajstić information content (AvgIpc) is 2.60. The molecule has 8 heteroatoms. The molecule has 2 rings (SSSR count). The van der Waals surface area contributed by atoms with E-state index in [0.717, 1.165) is 13.0 Å². The molecule has 18 heavy (non-hydrogen) atoms. The molecule has 1 heterocycles. The van der Waals surface area contributed by atoms with Crippen molar-refractivity contribution in [3.63, 3.8) is 0 Å². The van der Waals surface area contributed by atoms with Crippen LogP contribution < -0.4 is 5.73 Å². The summed E-state index contributed by atoms with van der Waals surface area (Å²) in [7, 11) is 0. The molecule has 1 atom stereocenters. The Morgan fingerprint density at radius 2 is 1.94 bits per heavy atom. The highest BCUT2D eigenvalue weighted by Crippen LogP contribution is 2.36. The fourth-order valence-electron chi connectivity index (χ4n) is 1.39. The zero-order valence-electron chi connectivity index (χ0n) is 9.07. The Labute approximate surface area is 108 Å². The zero-order chi connectivity index (χ0) is 13.7. The number of nitrogens with two attached hydrogens (primary N) is 1. The number of halogens is 5. The number of rotatable bonds is 1. The summed E-state index contributed by atoms with van der Waals surface area (Å²) in [6.45, 7) is 0.802. The van der Waals surface area contributed by atoms with E-state index in [2.05, 4.69) is 25.9 Å². The van der Waals surface area contributed by atoms with Crippen molar-refractivity contribution in [2.75, 3.05) is 0 Å². The normalized spacial score (nSPS) is 15.9. The largest absolute Gasteiger partial charge is 0.413 e. The second-order valence-electron chi connectivity index (χ2n) is 4.07. The van der Waals surface area contributed by atoms with Crippen molar-refractivity contribution in [1.29, 1.82) is 0 Å². The van der Waals surface area contributed by atoms with E-state index in [1.54, 1.807) is 0 Å². The molecule has 1 unspecified atom stereocenters. The minimum atomic E-state index is -4.66. The summed E-state index contributed by atoms with van der Waals surface area (Å²) in [5.41, 5.74) is 2.98. The predicted octanol–water partition coefficient (Wildman–Crippen LogP) is 3.20. The third kappa shape index (κ3) is 1.99. The van der Waals surface area contributed by atoms with Crippen molar-refractivity contribution in [3.8, 4) is 0 Å². The highest BCUT2D eigenvalue weighted by molar-refractivity contribution is 9.10. The molecule has 0 fully saturated rings. The molecular weight excluding hydrogens is 318 g/mol. The average molecular weight is 326 g/mol. The van der Waals surface area contributed by atoms with Crippen LogP contribution >= 0.6 is 15.9 Å². The maximum atomic E-state index is 13.2. The lowest BCUT2D eigenvalue weighted by Crippen LogP contribution is -2.48. The van der Waals surface area contributed by atoms with Crippen molar-refractivity contribution in [1.82, 2.24) is 9.97 Å². The van der Waals surface area contributed by atoms with Gasteiger partial charge in [0.2, 0.25) is 0 Å². The Kier molecular flexibility index (Phi) is 2.90. The van der Waals surface area contributed by atoms with Crippen LogP contribution in [-0.2, 0) is 5.54 Å². The van der Waals surface area contributed by atoms with E-state index >= 15 is 0 Å². The molecule has 0 aliphatic carbocycles. The number of benzene rings is 1. The smallest absolute Gasteiger partial charge is 0.340 e. The number of aromatic amines is 1. The first kappa shape index (κ1) is 13.3. The summed E-state index contributed by atoms with van der Waals surface area (Å²) in [4.78, 5) is 6.15. The standard InChI is InChI=1S/C10H8BrF4N3/c1-9(16,10(13,14)15)8-17-6-2-4(11)5(12)3-7(6)18-8/h2-3H,16H2,1H3,(H,17,18). The van der Waals surface area contributed by atoms with E-state index in [0.29, 0.717) is 0 Å². The molecule has 0 bridgehead atoms. The van der Waals surface area contributed by atoms with E-state index in [-0.39, 0.29) is 15.5 Å². The topological polar surface area (TPSA) is 54.7 Å². The molecule has 3 N–H and O–H groups in total. The molecule has 0 radical (unpaired) electrons. The first-order chi connectivity index (χ1) is 8.13. The third-order valence-corrected chi connectivity index (χ3v) is 3.21. The van der Waals surface area contributed by atoms with Crippen LogP contribution in [0.5, 0.6) is 0 Å². The number of aromatic nitrogens is 2. The van der Waals surface area contributed by atoms with Gasteiger partial charge in [-0.05, 0) is 28.9 Å². The lowest BCUT2D eigenvalue weighted by molar-refractivity contribution is -0.186. The number of alkyl halides is 3. The first-order valence-electron chi connectivity index (χ1n) is 4.84. The molecule has 0 spiro atoms. The van der Waals surface area contributed by atoms with Gasteiger partial charge in [0.15, 0.2) is 5.54 Å². The molecule has 1 aromatic heterocycles. The van der Waals surface area contributed by atoms with Crippen LogP contribution in [-0.4, -0.2) is 16.1 Å². The summed E-state index contributed by atoms with van der Waals surface area (Å²) >= 11 is 2.93. The minimum absolute atomic E-state index is 0.124. The van der Waals surface area contributed by atoms with Gasteiger partial charge >= 0.3 is 6.18 Å². The van der Waals surface area contributed by atoms with Crippen LogP contribution in [0.4, 0.5) is 17.6 Å². The van der Waals surface area contributed by atoms with Crippen LogP contribution in [0.25, 0.3) is 11.0 Å². The number of hydrogen-bond donors (Lipinski definition) is 2. The van der Waals surface area contributed by atoms with E-state index in [4.69, 9.17) is 5.73 Å². The van der Waals surface area contributed by atoms with Crippen LogP contribution in [0.15, 0.2) is 16.6 Å². The van der Waals surface area contributed by atoms with Gasteiger partial charge in [-0.3, -0.25) is 0 Å². The highest BCUT2D eigenvalue weighted by atomic mass is 79.9. The van der Waals surface area contributed by atoms with E-state index < -0.39 is 23.4 Å². The summed E-state index contributed by atoms with van der Waals surface area (Å²) < 4.78 is 51.6. The van der Waals surface area contributed by atoms with Crippen LogP contribution in [0.3, 0.4) is 0 Å². The number of H-pyrrole nitrogens is 1. The Balaban J connectivity index is 2.61. The number of imidazole rings is 1. The van der Waals surface area contributed by atoms with Gasteiger partial charge in [0.1, 0.15) is 11.6 Å². The molecule has 1 aromatic carbocycles. The van der Waals surface area contributed by atoms with Crippen molar-refractivity contribution in [3.05, 3.63) is 28.2 Å². The summed E-state index contributed by atoms with van der Waals surface area (Å²) in [6, 6.07) is 2.35. The molecule has 2 aromatic rings. The number of nitrogens with zero attached hydrogens (tertiary/aromatic N) is 1. The van der Waals surface area contributed by atoms with Gasteiger partial charge < -0.3 is 10.7 Å². The molecule has 0 saturated heterocycles. The van der Waals surface area contributed by atoms with Gasteiger partial charge in [0.05, 0.1) is 15.5 Å². The summed E-state index contributed by atoms with van der Waals surface area (Å²) in [6.07, 6.45) is -4.66. The zero-order valence-corrected chi connectivity index (χ0v) is 10.7. The Morgan fingerprint density at radius 1 is 1.33 bits per heavy atom. The predicted molar refractivity (Wildman–Crippen MR) is 61.3 cm³/mol. The maximum Gasteiger partial charge on any atom is 0.413 e. The summed E-state index contributed by atoms with van der Waals surface area (Å²) in [5.74, 6) is -1.05. The fourth-order valence-corrected chi connectivity index (χ4v) is 1.72. The molecule has 0 amide bonds. The van der Waals surface area contributed by atoms with Gasteiger partial charge in [-0.1, -0.05) is 0 Å². The number of fused-ring (bicyclic) bond motifs is 1. The van der Waals surface area contributed by atoms with Gasteiger partial charge in [-0.15, -0.1) is 0 Å². The molecule has 0 aliphatic heterocycles. The second-order valence-corrected chi connectivity index (χ2v) is 4.92. The first-order valence-corrected chi connectivity index (χ1v) is 5.63. The lowest BCUT2D eigenvalue weighted by atomic mass is 10.0. The maximum absolute atomic E-state index is 13.2. The van der Waals surface area contributed by atoms with Crippen molar-refractivity contribution in [2.24, 2.45) is 5.73 Å². The Bertz CT molecular complexity index is 564. The van der Waals surface area contributed by atoms with Gasteiger partial charge in [0, 0.05) is 6.07 Å². The van der Waals surface area contributed by atoms with Crippen LogP contribution in [0.2, 0.25) is 0 Å². The summed E-state index contributed by atoms with van der Waals surface area (Å²) in [5, 5.41) is 0. The monoisotopic (exact) mass is 325 g/mol. The molecule has 0 aliphatic rings. The second kappa shape index (κ2) is 3.92. The number of hydrogen-bond acceptors (Lipinski definition) is 2. The van der Waals surface area contributed by atoms with Crippen molar-refractivity contribution >= 4 is 27.0 Å². The molecule has 0 saturated carbocycles. The Hall–Kier alpha value is -1.15. The SMILES string of the molecule is CC(N)(c1nc2cc(Br)c(F)cc2[nH]1)C(F)(F)F. The van der Waals surface area contributed by atoms with Crippen molar-refractivity contribution in [2.45, 2.75) is 18.6 Å². The number of nitrogens with one attached hydrogen (secondary N) is 1. The lowest BCUT2D eigenvalue weighted by Gasteiger charge is -2.24. The quantitative estimate of drug-likeness (QED) is 0.791. The molecule has 98 valence electrons. The van der Waals surface area contributed by atoms with E-state index in [1.165, 1.54) is 6.07 Å². The van der Waals surface area contributed by atoms with Crippen LogP contribution in [0.1, 0.15) is 12.7 Å². The van der Waals surface area contributed by atoms with Gasteiger partial charge in [0.25, 0.3) is 0 Å². The van der Waals surface area contributed by atoms with Crippen LogP contribution in [0, 0.1) is 5.82 Å². The fraction of sp³-hybridized carbons (Fsp3) is 0.300. The third-order valence-electron chi connectivity index (χ3n) is 2.60. The Morgan fingerprint density at radius 3 is 2.50 bits per heavy atom. The van der Waals surface area contributed by atoms with E-state index in [1.807, 2.05) is 0 Å². The van der Waals surface area contributed by atoms with Gasteiger partial charge in [-0.25, -0.2) is 9.37 Å².